The van der Waals surface area contributed by atoms with Crippen molar-refractivity contribution < 1.29 is 0 Å². The molecule has 7 aromatic rings. The molecule has 0 atom stereocenters. The summed E-state index contributed by atoms with van der Waals surface area (Å²) in [4.78, 5) is 7.31. The molecule has 156 valence electrons. The van der Waals surface area contributed by atoms with Gasteiger partial charge in [-0.15, -0.1) is 79.4 Å². The summed E-state index contributed by atoms with van der Waals surface area (Å²) in [6.45, 7) is 11.4. The predicted molar refractivity (Wildman–Crippen MR) is 153 cm³/mol. The average Bonchev–Trinajstić information content (AvgIpc) is 3.55. The Morgan fingerprint density at radius 2 is 0.968 bits per heavy atom. The fourth-order valence-electron chi connectivity index (χ4n) is 4.09. The lowest BCUT2D eigenvalue weighted by Crippen LogP contribution is -1.69. The van der Waals surface area contributed by atoms with Gasteiger partial charge in [0.1, 0.15) is 0 Å². The molecule has 0 aliphatic heterocycles. The molecule has 0 saturated heterocycles. The van der Waals surface area contributed by atoms with Crippen LogP contribution >= 0.6 is 91.1 Å². The van der Waals surface area contributed by atoms with Gasteiger partial charge in [-0.3, -0.25) is 0 Å². The van der Waals surface area contributed by atoms with Gasteiger partial charge < -0.3 is 0 Å². The van der Waals surface area contributed by atoms with Crippen molar-refractivity contribution in [2.75, 3.05) is 0 Å². The molecular formula is C23H16S8. The lowest BCUT2D eigenvalue weighted by molar-refractivity contribution is 1.47. The highest BCUT2D eigenvalue weighted by Gasteiger charge is 2.24. The van der Waals surface area contributed by atoms with Crippen molar-refractivity contribution in [3.8, 4) is 0 Å². The Kier molecular flexibility index (Phi) is 4.38. The van der Waals surface area contributed by atoms with Crippen LogP contribution in [0.25, 0.3) is 47.0 Å². The molecule has 0 fully saturated rings. The second kappa shape index (κ2) is 6.79. The largest absolute Gasteiger partial charge is 0.141 e. The van der Waals surface area contributed by atoms with Crippen LogP contribution in [0.15, 0.2) is 15.2 Å². The fourth-order valence-corrected chi connectivity index (χ4v) is 15.6. The zero-order valence-electron chi connectivity index (χ0n) is 17.3. The second-order valence-corrected chi connectivity index (χ2v) is 16.5. The van der Waals surface area contributed by atoms with Crippen molar-refractivity contribution >= 4 is 138 Å². The van der Waals surface area contributed by atoms with Gasteiger partial charge in [-0.25, -0.2) is 0 Å². The van der Waals surface area contributed by atoms with Crippen molar-refractivity contribution in [1.82, 2.24) is 0 Å². The number of aryl methyl sites for hydroxylation is 5. The van der Waals surface area contributed by atoms with Gasteiger partial charge in [-0.2, -0.15) is 0 Å². The maximum Gasteiger partial charge on any atom is 0.0651 e. The Labute approximate surface area is 211 Å². The third-order valence-corrected chi connectivity index (χ3v) is 17.3. The standard InChI is InChI=1S/C23H16S8/c1-7-9(3)25-16-12(6-24-13(7)16)28-15-11(5)27-19-18(15)30-23-21(19)31-20-17-14(29-22(20)23)8(2)10(4)26-17/h6H,1-5H3. The van der Waals surface area contributed by atoms with Gasteiger partial charge in [0.25, 0.3) is 0 Å². The average molecular weight is 549 g/mol. The van der Waals surface area contributed by atoms with Gasteiger partial charge in [-0.05, 0) is 45.7 Å². The number of hydrogen-bond donors (Lipinski definition) is 0. The SMILES string of the molecule is Cc1sc2c(Sc3c(C)sc4c3sc3c4sc4c5sc(C)c(C)c5sc43)csc2c1C. The normalized spacial score (nSPS) is 12.8. The van der Waals surface area contributed by atoms with Crippen LogP contribution in [0.2, 0.25) is 0 Å². The smallest absolute Gasteiger partial charge is 0.0651 e. The van der Waals surface area contributed by atoms with E-state index in [4.69, 9.17) is 0 Å². The Hall–Kier alpha value is -0.450. The molecule has 0 nitrogen and oxygen atoms in total. The van der Waals surface area contributed by atoms with Crippen LogP contribution in [-0.4, -0.2) is 0 Å². The summed E-state index contributed by atoms with van der Waals surface area (Å²) in [5, 5.41) is 2.37. The van der Waals surface area contributed by atoms with E-state index in [2.05, 4.69) is 40.0 Å². The monoisotopic (exact) mass is 548 g/mol. The molecule has 8 heteroatoms. The second-order valence-electron chi connectivity index (χ2n) is 7.85. The molecule has 0 aliphatic rings. The van der Waals surface area contributed by atoms with Crippen molar-refractivity contribution in [2.24, 2.45) is 0 Å². The summed E-state index contributed by atoms with van der Waals surface area (Å²) in [7, 11) is 0. The first kappa shape index (κ1) is 20.0. The molecule has 31 heavy (non-hydrogen) atoms. The summed E-state index contributed by atoms with van der Waals surface area (Å²) >= 11 is 15.9. The first-order valence-corrected chi connectivity index (χ1v) is 16.4. The predicted octanol–water partition coefficient (Wildman–Crippen LogP) is 11.6. The van der Waals surface area contributed by atoms with Crippen LogP contribution in [0, 0.1) is 34.6 Å². The van der Waals surface area contributed by atoms with E-state index in [0.717, 1.165) is 0 Å². The summed E-state index contributed by atoms with van der Waals surface area (Å²) in [5.41, 5.74) is 2.95. The molecule has 0 bridgehead atoms. The Bertz CT molecular complexity index is 1810. The van der Waals surface area contributed by atoms with E-state index < -0.39 is 0 Å². The van der Waals surface area contributed by atoms with E-state index in [9.17, 15) is 0 Å². The van der Waals surface area contributed by atoms with Crippen LogP contribution in [0.4, 0.5) is 0 Å². The molecule has 0 N–H and O–H groups in total. The summed E-state index contributed by atoms with van der Waals surface area (Å²) in [5.74, 6) is 0. The fraction of sp³-hybridized carbons (Fsp3) is 0.217. The molecule has 7 rings (SSSR count). The number of hydrogen-bond acceptors (Lipinski definition) is 8. The van der Waals surface area contributed by atoms with Gasteiger partial charge in [0.2, 0.25) is 0 Å². The third-order valence-electron chi connectivity index (χ3n) is 6.01. The van der Waals surface area contributed by atoms with E-state index in [-0.39, 0.29) is 0 Å². The minimum atomic E-state index is 1.44. The number of thiophene rings is 7. The molecule has 0 spiro atoms. The maximum atomic E-state index is 2.37. The van der Waals surface area contributed by atoms with E-state index in [0.29, 0.717) is 0 Å². The van der Waals surface area contributed by atoms with Gasteiger partial charge in [0.15, 0.2) is 0 Å². The molecule has 7 heterocycles. The molecule has 7 aromatic heterocycles. The molecule has 0 amide bonds. The van der Waals surface area contributed by atoms with Gasteiger partial charge in [0.05, 0.1) is 42.3 Å². The van der Waals surface area contributed by atoms with Crippen molar-refractivity contribution in [3.05, 3.63) is 31.1 Å². The van der Waals surface area contributed by atoms with Crippen molar-refractivity contribution in [3.63, 3.8) is 0 Å². The zero-order valence-corrected chi connectivity index (χ0v) is 23.9. The molecule has 0 unspecified atom stereocenters. The van der Waals surface area contributed by atoms with Gasteiger partial charge in [0, 0.05) is 34.5 Å². The summed E-state index contributed by atoms with van der Waals surface area (Å²) in [6.07, 6.45) is 0. The summed E-state index contributed by atoms with van der Waals surface area (Å²) in [6, 6.07) is 0. The zero-order chi connectivity index (χ0) is 21.2. The van der Waals surface area contributed by atoms with Crippen LogP contribution in [0.1, 0.15) is 25.8 Å². The Morgan fingerprint density at radius 3 is 1.68 bits per heavy atom. The quantitative estimate of drug-likeness (QED) is 0.207. The lowest BCUT2D eigenvalue weighted by Gasteiger charge is -1.98. The Morgan fingerprint density at radius 1 is 0.484 bits per heavy atom. The van der Waals surface area contributed by atoms with E-state index in [1.165, 1.54) is 82.5 Å². The van der Waals surface area contributed by atoms with E-state index in [1.54, 1.807) is 0 Å². The minimum Gasteiger partial charge on any atom is -0.141 e. The van der Waals surface area contributed by atoms with Crippen LogP contribution in [0.3, 0.4) is 0 Å². The number of rotatable bonds is 2. The molecule has 0 radical (unpaired) electrons. The molecular weight excluding hydrogens is 533 g/mol. The van der Waals surface area contributed by atoms with Gasteiger partial charge in [-0.1, -0.05) is 11.8 Å². The number of fused-ring (bicyclic) bond motifs is 8. The molecule has 0 aliphatic carbocycles. The summed E-state index contributed by atoms with van der Waals surface area (Å²) < 4.78 is 15.1. The van der Waals surface area contributed by atoms with E-state index in [1.807, 2.05) is 91.1 Å². The highest BCUT2D eigenvalue weighted by molar-refractivity contribution is 8.00. The highest BCUT2D eigenvalue weighted by Crippen LogP contribution is 2.57. The lowest BCUT2D eigenvalue weighted by atomic mass is 10.3. The highest BCUT2D eigenvalue weighted by atomic mass is 32.2. The topological polar surface area (TPSA) is 0 Å². The first-order chi connectivity index (χ1) is 14.9. The van der Waals surface area contributed by atoms with E-state index >= 15 is 0 Å². The van der Waals surface area contributed by atoms with Crippen LogP contribution < -0.4 is 0 Å². The van der Waals surface area contributed by atoms with Crippen molar-refractivity contribution in [1.29, 1.82) is 0 Å². The molecule has 0 aromatic carbocycles. The van der Waals surface area contributed by atoms with Crippen LogP contribution in [0.5, 0.6) is 0 Å². The first-order valence-electron chi connectivity index (χ1n) is 9.84. The van der Waals surface area contributed by atoms with Gasteiger partial charge >= 0.3 is 0 Å². The maximum absolute atomic E-state index is 2.37. The van der Waals surface area contributed by atoms with Crippen molar-refractivity contribution in [2.45, 2.75) is 44.4 Å². The molecule has 0 saturated carbocycles. The Balaban J connectivity index is 1.44. The van der Waals surface area contributed by atoms with Crippen LogP contribution in [-0.2, 0) is 0 Å². The third kappa shape index (κ3) is 2.62. The minimum absolute atomic E-state index is 1.44.